The van der Waals surface area contributed by atoms with Gasteiger partial charge in [-0.25, -0.2) is 4.39 Å². The van der Waals surface area contributed by atoms with Gasteiger partial charge >= 0.3 is 0 Å². The van der Waals surface area contributed by atoms with Gasteiger partial charge in [-0.05, 0) is 24.3 Å². The number of hydrogen-bond donors (Lipinski definition) is 1. The zero-order valence-electron chi connectivity index (χ0n) is 18.8. The van der Waals surface area contributed by atoms with Crippen LogP contribution in [-0.2, 0) is 11.8 Å². The Kier molecular flexibility index (Phi) is 9.11. The van der Waals surface area contributed by atoms with Gasteiger partial charge in [0, 0.05) is 77.4 Å². The zero-order valence-corrected chi connectivity index (χ0v) is 21.1. The molecular formula is C22H33FIN7O. The molecular weight excluding hydrogens is 524 g/mol. The Bertz CT molecular complexity index is 867. The molecule has 1 N–H and O–H groups in total. The van der Waals surface area contributed by atoms with Crippen molar-refractivity contribution < 1.29 is 9.13 Å². The van der Waals surface area contributed by atoms with Crippen molar-refractivity contribution >= 4 is 35.6 Å². The van der Waals surface area contributed by atoms with Crippen LogP contribution in [0.3, 0.4) is 0 Å². The molecule has 0 amide bonds. The Morgan fingerprint density at radius 1 is 1.19 bits per heavy atom. The summed E-state index contributed by atoms with van der Waals surface area (Å²) in [5, 5.41) is 7.77. The minimum absolute atomic E-state index is 0. The lowest BCUT2D eigenvalue weighted by molar-refractivity contribution is -0.00805. The summed E-state index contributed by atoms with van der Waals surface area (Å²) in [5.74, 6) is 0.732. The number of morpholine rings is 1. The molecule has 3 heterocycles. The van der Waals surface area contributed by atoms with E-state index in [4.69, 9.17) is 4.74 Å². The van der Waals surface area contributed by atoms with E-state index in [1.165, 1.54) is 12.1 Å². The molecule has 0 saturated carbocycles. The fourth-order valence-electron chi connectivity index (χ4n) is 4.19. The molecule has 2 saturated heterocycles. The predicted molar refractivity (Wildman–Crippen MR) is 135 cm³/mol. The second-order valence-corrected chi connectivity index (χ2v) is 8.03. The third-order valence-electron chi connectivity index (χ3n) is 5.95. The maximum absolute atomic E-state index is 13.1. The molecule has 2 aromatic rings. The first kappa shape index (κ1) is 24.7. The van der Waals surface area contributed by atoms with Gasteiger partial charge in [0.2, 0.25) is 0 Å². The molecule has 0 spiro atoms. The van der Waals surface area contributed by atoms with Gasteiger partial charge in [0.1, 0.15) is 11.9 Å². The van der Waals surface area contributed by atoms with Crippen molar-refractivity contribution in [1.29, 1.82) is 0 Å². The summed E-state index contributed by atoms with van der Waals surface area (Å²) in [6.07, 6.45) is 3.90. The van der Waals surface area contributed by atoms with Crippen LogP contribution < -0.4 is 10.2 Å². The lowest BCUT2D eigenvalue weighted by Crippen LogP contribution is -2.51. The highest BCUT2D eigenvalue weighted by Gasteiger charge is 2.25. The largest absolute Gasteiger partial charge is 0.370 e. The van der Waals surface area contributed by atoms with E-state index in [1.807, 2.05) is 38.6 Å². The molecule has 1 unspecified atom stereocenters. The first-order valence-corrected chi connectivity index (χ1v) is 10.9. The van der Waals surface area contributed by atoms with Crippen LogP contribution in [0.2, 0.25) is 0 Å². The number of nitrogens with one attached hydrogen (secondary N) is 1. The molecule has 0 bridgehead atoms. The summed E-state index contributed by atoms with van der Waals surface area (Å²) in [6.45, 7) is 7.98. The van der Waals surface area contributed by atoms with Gasteiger partial charge in [-0.15, -0.1) is 24.0 Å². The first-order valence-electron chi connectivity index (χ1n) is 10.9. The minimum Gasteiger partial charge on any atom is -0.370 e. The van der Waals surface area contributed by atoms with Crippen LogP contribution in [0, 0.1) is 5.82 Å². The number of aryl methyl sites for hydroxylation is 1. The quantitative estimate of drug-likeness (QED) is 0.345. The van der Waals surface area contributed by atoms with Crippen LogP contribution in [0.4, 0.5) is 10.1 Å². The van der Waals surface area contributed by atoms with Gasteiger partial charge in [0.25, 0.3) is 0 Å². The topological polar surface area (TPSA) is 61.2 Å². The fourth-order valence-corrected chi connectivity index (χ4v) is 4.19. The summed E-state index contributed by atoms with van der Waals surface area (Å²) in [5.41, 5.74) is 2.19. The standard InChI is InChI=1S/C22H32FN7O.HI/c1-24-22(30-13-14-31-21(17-30)18-15-26-27(2)16-18)25-7-8-28-9-11-29(12-10-28)20-5-3-19(23)4-6-20;/h3-6,15-16,21H,7-14,17H2,1-2H3,(H,24,25);1H. The summed E-state index contributed by atoms with van der Waals surface area (Å²) < 4.78 is 20.9. The second kappa shape index (κ2) is 11.8. The molecule has 10 heteroatoms. The lowest BCUT2D eigenvalue weighted by Gasteiger charge is -2.37. The molecule has 0 aliphatic carbocycles. The van der Waals surface area contributed by atoms with Crippen molar-refractivity contribution in [1.82, 2.24) is 24.9 Å². The van der Waals surface area contributed by atoms with E-state index in [-0.39, 0.29) is 35.9 Å². The summed E-state index contributed by atoms with van der Waals surface area (Å²) in [6, 6.07) is 6.78. The third kappa shape index (κ3) is 6.32. The number of rotatable bonds is 5. The number of benzene rings is 1. The summed E-state index contributed by atoms with van der Waals surface area (Å²) >= 11 is 0. The van der Waals surface area contributed by atoms with Gasteiger partial charge in [0.15, 0.2) is 5.96 Å². The SMILES string of the molecule is CN=C(NCCN1CCN(c2ccc(F)cc2)CC1)N1CCOC(c2cnn(C)c2)C1.I. The van der Waals surface area contributed by atoms with E-state index in [0.29, 0.717) is 6.61 Å². The average molecular weight is 557 g/mol. The predicted octanol–water partition coefficient (Wildman–Crippen LogP) is 1.95. The number of nitrogens with zero attached hydrogens (tertiary/aromatic N) is 6. The normalized spacial score (nSPS) is 20.2. The van der Waals surface area contributed by atoms with E-state index in [2.05, 4.69) is 30.1 Å². The number of anilines is 1. The zero-order chi connectivity index (χ0) is 21.6. The second-order valence-electron chi connectivity index (χ2n) is 8.03. The number of guanidine groups is 1. The maximum Gasteiger partial charge on any atom is 0.193 e. The Morgan fingerprint density at radius 2 is 1.94 bits per heavy atom. The molecule has 32 heavy (non-hydrogen) atoms. The number of aromatic nitrogens is 2. The molecule has 0 radical (unpaired) electrons. The van der Waals surface area contributed by atoms with Crippen molar-refractivity contribution in [2.75, 3.05) is 70.9 Å². The van der Waals surface area contributed by atoms with Crippen LogP contribution >= 0.6 is 24.0 Å². The monoisotopic (exact) mass is 557 g/mol. The molecule has 8 nitrogen and oxygen atoms in total. The van der Waals surface area contributed by atoms with Crippen molar-refractivity contribution in [3.05, 3.63) is 48.0 Å². The lowest BCUT2D eigenvalue weighted by atomic mass is 10.1. The van der Waals surface area contributed by atoms with Crippen LogP contribution in [0.15, 0.2) is 41.7 Å². The maximum atomic E-state index is 13.1. The van der Waals surface area contributed by atoms with Gasteiger partial charge in [-0.2, -0.15) is 5.10 Å². The smallest absolute Gasteiger partial charge is 0.193 e. The Morgan fingerprint density at radius 3 is 2.59 bits per heavy atom. The first-order chi connectivity index (χ1) is 15.1. The number of ether oxygens (including phenoxy) is 1. The van der Waals surface area contributed by atoms with Crippen molar-refractivity contribution in [2.45, 2.75) is 6.10 Å². The van der Waals surface area contributed by atoms with Crippen LogP contribution in [0.1, 0.15) is 11.7 Å². The third-order valence-corrected chi connectivity index (χ3v) is 5.95. The van der Waals surface area contributed by atoms with Crippen LogP contribution in [-0.4, -0.2) is 91.6 Å². The molecule has 2 aliphatic rings. The molecule has 1 aromatic heterocycles. The van der Waals surface area contributed by atoms with Crippen molar-refractivity contribution in [2.24, 2.45) is 12.0 Å². The van der Waals surface area contributed by atoms with E-state index in [9.17, 15) is 4.39 Å². The molecule has 1 aromatic carbocycles. The number of hydrogen-bond acceptors (Lipinski definition) is 5. The van der Waals surface area contributed by atoms with Gasteiger partial charge < -0.3 is 19.9 Å². The van der Waals surface area contributed by atoms with Crippen LogP contribution in [0.5, 0.6) is 0 Å². The minimum atomic E-state index is -0.186. The number of piperazine rings is 1. The molecule has 1 atom stereocenters. The van der Waals surface area contributed by atoms with Gasteiger partial charge in [0.05, 0.1) is 19.3 Å². The Balaban J connectivity index is 0.00000289. The average Bonchev–Trinajstić information content (AvgIpc) is 3.24. The fraction of sp³-hybridized carbons (Fsp3) is 0.545. The highest BCUT2D eigenvalue weighted by atomic mass is 127. The molecule has 176 valence electrons. The van der Waals surface area contributed by atoms with Gasteiger partial charge in [-0.1, -0.05) is 0 Å². The number of aliphatic imine (C=N–C) groups is 1. The highest BCUT2D eigenvalue weighted by molar-refractivity contribution is 14.0. The molecule has 4 rings (SSSR count). The van der Waals surface area contributed by atoms with Crippen LogP contribution in [0.25, 0.3) is 0 Å². The summed E-state index contributed by atoms with van der Waals surface area (Å²) in [7, 11) is 3.75. The van der Waals surface area contributed by atoms with Gasteiger partial charge in [-0.3, -0.25) is 14.6 Å². The number of halogens is 2. The molecule has 2 fully saturated rings. The van der Waals surface area contributed by atoms with Crippen molar-refractivity contribution in [3.63, 3.8) is 0 Å². The van der Waals surface area contributed by atoms with E-state index >= 15 is 0 Å². The molecule has 2 aliphatic heterocycles. The van der Waals surface area contributed by atoms with E-state index in [0.717, 1.165) is 69.6 Å². The Hall–Kier alpha value is -1.92. The Labute approximate surface area is 206 Å². The summed E-state index contributed by atoms with van der Waals surface area (Å²) in [4.78, 5) is 11.5. The van der Waals surface area contributed by atoms with E-state index < -0.39 is 0 Å². The van der Waals surface area contributed by atoms with Crippen molar-refractivity contribution in [3.8, 4) is 0 Å². The van der Waals surface area contributed by atoms with E-state index in [1.54, 1.807) is 4.68 Å². The highest BCUT2D eigenvalue weighted by Crippen LogP contribution is 2.21.